The highest BCUT2D eigenvalue weighted by Gasteiger charge is 2.29. The number of alkyl halides is 1. The van der Waals surface area contributed by atoms with Gasteiger partial charge in [-0.25, -0.2) is 9.97 Å². The third-order valence-corrected chi connectivity index (χ3v) is 6.94. The summed E-state index contributed by atoms with van der Waals surface area (Å²) in [5, 5.41) is 1.10. The van der Waals surface area contributed by atoms with E-state index < -0.39 is 6.67 Å². The van der Waals surface area contributed by atoms with E-state index in [1.165, 1.54) is 12.8 Å². The molecule has 170 valence electrons. The van der Waals surface area contributed by atoms with Crippen molar-refractivity contribution in [1.82, 2.24) is 24.0 Å². The number of anilines is 1. The van der Waals surface area contributed by atoms with Gasteiger partial charge in [0.25, 0.3) is 5.91 Å². The predicted molar refractivity (Wildman–Crippen MR) is 127 cm³/mol. The number of fused-ring (bicyclic) bond motifs is 3. The molecule has 0 saturated heterocycles. The minimum absolute atomic E-state index is 0.0816. The average Bonchev–Trinajstić information content (AvgIpc) is 3.48. The van der Waals surface area contributed by atoms with Crippen LogP contribution in [0.4, 0.5) is 10.1 Å². The number of carbonyl (C=O) groups is 1. The lowest BCUT2D eigenvalue weighted by atomic mass is 10.0. The number of nitrogens with two attached hydrogens (primary N) is 1. The topological polar surface area (TPSA) is 82.0 Å². The van der Waals surface area contributed by atoms with Crippen molar-refractivity contribution < 1.29 is 9.18 Å². The number of pyridine rings is 1. The number of aryl methyl sites for hydroxylation is 1. The van der Waals surface area contributed by atoms with Crippen LogP contribution in [0.5, 0.6) is 0 Å². The first-order chi connectivity index (χ1) is 16.0. The molecule has 0 radical (unpaired) electrons. The molecule has 0 atom stereocenters. The maximum atomic E-state index is 13.0. The van der Waals surface area contributed by atoms with Gasteiger partial charge < -0.3 is 19.8 Å². The molecule has 1 fully saturated rings. The summed E-state index contributed by atoms with van der Waals surface area (Å²) in [5.41, 5.74) is 12.1. The number of carbonyl (C=O) groups excluding carboxylic acids is 1. The van der Waals surface area contributed by atoms with Crippen LogP contribution < -0.4 is 5.73 Å². The van der Waals surface area contributed by atoms with Gasteiger partial charge in [0, 0.05) is 38.5 Å². The Hall–Kier alpha value is -3.42. The number of para-hydroxylation sites is 1. The van der Waals surface area contributed by atoms with E-state index in [9.17, 15) is 9.18 Å². The van der Waals surface area contributed by atoms with E-state index >= 15 is 0 Å². The van der Waals surface area contributed by atoms with Crippen molar-refractivity contribution in [2.75, 3.05) is 25.5 Å². The third-order valence-electron chi connectivity index (χ3n) is 6.94. The van der Waals surface area contributed by atoms with Crippen molar-refractivity contribution in [1.29, 1.82) is 0 Å². The summed E-state index contributed by atoms with van der Waals surface area (Å²) in [6.45, 7) is 1.51. The summed E-state index contributed by atoms with van der Waals surface area (Å²) >= 11 is 0. The Kier molecular flexibility index (Phi) is 4.64. The van der Waals surface area contributed by atoms with E-state index in [1.54, 1.807) is 4.90 Å². The molecule has 0 unspecified atom stereocenters. The first kappa shape index (κ1) is 20.2. The van der Waals surface area contributed by atoms with Gasteiger partial charge in [-0.3, -0.25) is 9.18 Å². The Labute approximate surface area is 191 Å². The lowest BCUT2D eigenvalue weighted by Gasteiger charge is -2.27. The predicted octanol–water partition coefficient (Wildman–Crippen LogP) is 3.94. The van der Waals surface area contributed by atoms with Crippen LogP contribution in [0.1, 0.15) is 35.3 Å². The van der Waals surface area contributed by atoms with Crippen LogP contribution in [-0.2, 0) is 20.0 Å². The normalized spacial score (nSPS) is 16.2. The third kappa shape index (κ3) is 3.27. The van der Waals surface area contributed by atoms with Crippen LogP contribution in [0.3, 0.4) is 0 Å². The number of nitrogen functional groups attached to an aromatic ring is 1. The highest BCUT2D eigenvalue weighted by Crippen LogP contribution is 2.38. The van der Waals surface area contributed by atoms with Crippen molar-refractivity contribution in [2.45, 2.75) is 32.2 Å². The zero-order valence-corrected chi connectivity index (χ0v) is 18.7. The second-order valence-corrected chi connectivity index (χ2v) is 9.27. The monoisotopic (exact) mass is 446 g/mol. The van der Waals surface area contributed by atoms with E-state index in [1.807, 2.05) is 29.8 Å². The number of amides is 1. The Morgan fingerprint density at radius 3 is 2.85 bits per heavy atom. The molecule has 0 bridgehead atoms. The minimum Gasteiger partial charge on any atom is -0.397 e. The van der Waals surface area contributed by atoms with Gasteiger partial charge in [0.15, 0.2) is 11.5 Å². The van der Waals surface area contributed by atoms with Gasteiger partial charge in [-0.05, 0) is 43.4 Å². The molecule has 1 aliphatic heterocycles. The number of imidazole rings is 1. The van der Waals surface area contributed by atoms with Gasteiger partial charge in [0.2, 0.25) is 0 Å². The van der Waals surface area contributed by atoms with Crippen molar-refractivity contribution >= 4 is 33.7 Å². The van der Waals surface area contributed by atoms with E-state index in [0.717, 1.165) is 46.0 Å². The number of rotatable bonds is 6. The molecule has 7 nitrogen and oxygen atoms in total. The molecule has 4 heterocycles. The van der Waals surface area contributed by atoms with E-state index in [0.29, 0.717) is 42.9 Å². The molecule has 1 amide bonds. The Balaban J connectivity index is 1.48. The standard InChI is InChI=1S/C25H27FN6O/c1-30-23-20(13-17-19(28-23)8-11-31(25(17)33)10-3-9-26)29-24(30)21-12-16-4-2-5-18(27)22(16)32(21)14-15-6-7-15/h2,4-5,12-13,15H,3,6-11,14,27H2,1H3. The Bertz CT molecular complexity index is 1400. The van der Waals surface area contributed by atoms with Crippen LogP contribution in [-0.4, -0.2) is 49.7 Å². The molecule has 3 aromatic heterocycles. The fraction of sp³-hybridized carbons (Fsp3) is 0.400. The summed E-state index contributed by atoms with van der Waals surface area (Å²) < 4.78 is 16.9. The highest BCUT2D eigenvalue weighted by atomic mass is 19.1. The molecule has 2 aliphatic rings. The number of nitrogens with zero attached hydrogens (tertiary/aromatic N) is 5. The summed E-state index contributed by atoms with van der Waals surface area (Å²) in [4.78, 5) is 24.5. The van der Waals surface area contributed by atoms with Crippen LogP contribution in [0.15, 0.2) is 30.3 Å². The summed E-state index contributed by atoms with van der Waals surface area (Å²) in [5.74, 6) is 1.41. The molecule has 4 aromatic rings. The van der Waals surface area contributed by atoms with E-state index in [2.05, 4.69) is 16.7 Å². The molecular formula is C25H27FN6O. The van der Waals surface area contributed by atoms with Crippen molar-refractivity contribution in [2.24, 2.45) is 13.0 Å². The van der Waals surface area contributed by atoms with Gasteiger partial charge in [-0.15, -0.1) is 0 Å². The minimum atomic E-state index is -0.420. The van der Waals surface area contributed by atoms with E-state index in [-0.39, 0.29) is 5.91 Å². The van der Waals surface area contributed by atoms with Crippen LogP contribution in [0.2, 0.25) is 0 Å². The van der Waals surface area contributed by atoms with Gasteiger partial charge in [0.05, 0.1) is 34.8 Å². The zero-order valence-electron chi connectivity index (χ0n) is 18.7. The first-order valence-corrected chi connectivity index (χ1v) is 11.6. The summed E-state index contributed by atoms with van der Waals surface area (Å²) in [6, 6.07) is 10.0. The quantitative estimate of drug-likeness (QED) is 0.455. The molecule has 6 rings (SSSR count). The lowest BCUT2D eigenvalue weighted by molar-refractivity contribution is 0.0733. The van der Waals surface area contributed by atoms with E-state index in [4.69, 9.17) is 15.7 Å². The maximum absolute atomic E-state index is 13.0. The van der Waals surface area contributed by atoms with Crippen LogP contribution >= 0.6 is 0 Å². The highest BCUT2D eigenvalue weighted by molar-refractivity contribution is 5.99. The Morgan fingerprint density at radius 1 is 1.21 bits per heavy atom. The van der Waals surface area contributed by atoms with Crippen LogP contribution in [0, 0.1) is 5.92 Å². The summed E-state index contributed by atoms with van der Waals surface area (Å²) in [7, 11) is 1.98. The second-order valence-electron chi connectivity index (χ2n) is 9.27. The molecule has 1 saturated carbocycles. The number of hydrogen-bond acceptors (Lipinski definition) is 4. The molecule has 1 aliphatic carbocycles. The molecule has 33 heavy (non-hydrogen) atoms. The summed E-state index contributed by atoms with van der Waals surface area (Å²) in [6.07, 6.45) is 3.51. The number of aromatic nitrogens is 4. The largest absolute Gasteiger partial charge is 0.397 e. The lowest BCUT2D eigenvalue weighted by Crippen LogP contribution is -2.38. The fourth-order valence-electron chi connectivity index (χ4n) is 5.02. The van der Waals surface area contributed by atoms with Gasteiger partial charge >= 0.3 is 0 Å². The van der Waals surface area contributed by atoms with Crippen molar-refractivity contribution in [3.05, 3.63) is 41.6 Å². The molecule has 8 heteroatoms. The molecule has 0 spiro atoms. The van der Waals surface area contributed by atoms with Crippen molar-refractivity contribution in [3.8, 4) is 11.5 Å². The molecule has 2 N–H and O–H groups in total. The number of halogens is 1. The Morgan fingerprint density at radius 2 is 2.06 bits per heavy atom. The average molecular weight is 447 g/mol. The number of benzene rings is 1. The van der Waals surface area contributed by atoms with Gasteiger partial charge in [-0.1, -0.05) is 12.1 Å². The van der Waals surface area contributed by atoms with Gasteiger partial charge in [0.1, 0.15) is 5.52 Å². The SMILES string of the molecule is Cn1c(-c2cc3cccc(N)c3n2CC2CC2)nc2cc3c(nc21)CCN(CCCF)C3=O. The van der Waals surface area contributed by atoms with Crippen LogP contribution in [0.25, 0.3) is 33.6 Å². The first-order valence-electron chi connectivity index (χ1n) is 11.6. The maximum Gasteiger partial charge on any atom is 0.255 e. The zero-order chi connectivity index (χ0) is 22.7. The smallest absolute Gasteiger partial charge is 0.255 e. The number of hydrogen-bond donors (Lipinski definition) is 1. The molecule has 1 aromatic carbocycles. The fourth-order valence-corrected chi connectivity index (χ4v) is 5.02. The van der Waals surface area contributed by atoms with Crippen molar-refractivity contribution in [3.63, 3.8) is 0 Å². The molecular weight excluding hydrogens is 419 g/mol. The van der Waals surface area contributed by atoms with Gasteiger partial charge in [-0.2, -0.15) is 0 Å². The second kappa shape index (κ2) is 7.57.